The minimum Gasteiger partial charge on any atom is -0.466 e. The Labute approximate surface area is 80.8 Å². The van der Waals surface area contributed by atoms with Crippen LogP contribution < -0.4 is 5.32 Å². The molecule has 1 unspecified atom stereocenters. The van der Waals surface area contributed by atoms with Gasteiger partial charge in [0.1, 0.15) is 0 Å². The van der Waals surface area contributed by atoms with E-state index in [1.165, 1.54) is 0 Å². The number of nitrogens with one attached hydrogen (secondary N) is 1. The maximum Gasteiger partial charge on any atom is 0.307 e. The van der Waals surface area contributed by atoms with Gasteiger partial charge in [0, 0.05) is 12.6 Å². The molecule has 0 aliphatic heterocycles. The lowest BCUT2D eigenvalue weighted by atomic mass is 10.1. The van der Waals surface area contributed by atoms with E-state index in [1.54, 1.807) is 0 Å². The first kappa shape index (κ1) is 12.4. The maximum absolute atomic E-state index is 10.9. The first-order valence-electron chi connectivity index (χ1n) is 4.97. The molecule has 0 saturated carbocycles. The Kier molecular flexibility index (Phi) is 6.59. The molecule has 0 aromatic carbocycles. The monoisotopic (exact) mass is 187 g/mol. The third-order valence-electron chi connectivity index (χ3n) is 2.10. The highest BCUT2D eigenvalue weighted by Gasteiger charge is 2.07. The first-order chi connectivity index (χ1) is 6.07. The predicted octanol–water partition coefficient (Wildman–Crippen LogP) is 1.57. The lowest BCUT2D eigenvalue weighted by Crippen LogP contribution is -2.32. The number of hydrogen-bond donors (Lipinski definition) is 1. The summed E-state index contributed by atoms with van der Waals surface area (Å²) in [6.07, 6.45) is 0.463. The highest BCUT2D eigenvalue weighted by molar-refractivity contribution is 5.69. The SMILES string of the molecule is CCOC(=O)CCNC(C)C(C)C. The third-order valence-corrected chi connectivity index (χ3v) is 2.10. The van der Waals surface area contributed by atoms with E-state index in [1.807, 2.05) is 6.92 Å². The Balaban J connectivity index is 3.39. The Morgan fingerprint density at radius 1 is 1.38 bits per heavy atom. The van der Waals surface area contributed by atoms with Crippen molar-refractivity contribution in [3.05, 3.63) is 0 Å². The van der Waals surface area contributed by atoms with Crippen LogP contribution >= 0.6 is 0 Å². The number of hydrogen-bond acceptors (Lipinski definition) is 3. The van der Waals surface area contributed by atoms with Gasteiger partial charge in [-0.1, -0.05) is 13.8 Å². The fourth-order valence-corrected chi connectivity index (χ4v) is 0.871. The second-order valence-corrected chi connectivity index (χ2v) is 3.54. The topological polar surface area (TPSA) is 38.3 Å². The normalized spacial score (nSPS) is 13.0. The molecule has 0 rings (SSSR count). The van der Waals surface area contributed by atoms with Gasteiger partial charge in [-0.15, -0.1) is 0 Å². The molecule has 0 aromatic heterocycles. The average molecular weight is 187 g/mol. The molecule has 0 aromatic rings. The summed E-state index contributed by atoms with van der Waals surface area (Å²) < 4.78 is 4.81. The summed E-state index contributed by atoms with van der Waals surface area (Å²) in [4.78, 5) is 10.9. The van der Waals surface area contributed by atoms with E-state index in [2.05, 4.69) is 26.1 Å². The molecule has 0 heterocycles. The van der Waals surface area contributed by atoms with Crippen LogP contribution in [0, 0.1) is 5.92 Å². The van der Waals surface area contributed by atoms with E-state index in [-0.39, 0.29) is 5.97 Å². The number of esters is 1. The molecule has 3 heteroatoms. The summed E-state index contributed by atoms with van der Waals surface area (Å²) >= 11 is 0. The van der Waals surface area contributed by atoms with Gasteiger partial charge in [-0.05, 0) is 19.8 Å². The Hall–Kier alpha value is -0.570. The summed E-state index contributed by atoms with van der Waals surface area (Å²) in [7, 11) is 0. The zero-order valence-corrected chi connectivity index (χ0v) is 9.09. The molecule has 1 atom stereocenters. The smallest absolute Gasteiger partial charge is 0.307 e. The highest BCUT2D eigenvalue weighted by Crippen LogP contribution is 1.99. The van der Waals surface area contributed by atoms with Crippen LogP contribution in [0.25, 0.3) is 0 Å². The average Bonchev–Trinajstić information content (AvgIpc) is 2.04. The summed E-state index contributed by atoms with van der Waals surface area (Å²) in [5.74, 6) is 0.480. The van der Waals surface area contributed by atoms with E-state index in [4.69, 9.17) is 4.74 Å². The largest absolute Gasteiger partial charge is 0.466 e. The van der Waals surface area contributed by atoms with E-state index >= 15 is 0 Å². The molecule has 0 amide bonds. The summed E-state index contributed by atoms with van der Waals surface area (Å²) in [6.45, 7) is 9.43. The number of ether oxygens (including phenoxy) is 1. The van der Waals surface area contributed by atoms with Crippen molar-refractivity contribution in [2.24, 2.45) is 5.92 Å². The lowest BCUT2D eigenvalue weighted by Gasteiger charge is -2.16. The summed E-state index contributed by atoms with van der Waals surface area (Å²) in [5, 5.41) is 3.27. The van der Waals surface area contributed by atoms with Crippen molar-refractivity contribution in [1.29, 1.82) is 0 Å². The van der Waals surface area contributed by atoms with E-state index < -0.39 is 0 Å². The van der Waals surface area contributed by atoms with E-state index in [0.29, 0.717) is 31.5 Å². The van der Waals surface area contributed by atoms with Gasteiger partial charge in [-0.3, -0.25) is 4.79 Å². The van der Waals surface area contributed by atoms with Gasteiger partial charge in [0.15, 0.2) is 0 Å². The van der Waals surface area contributed by atoms with Crippen LogP contribution in [0.15, 0.2) is 0 Å². The molecule has 0 fully saturated rings. The zero-order chi connectivity index (χ0) is 10.3. The molecule has 0 aliphatic rings. The van der Waals surface area contributed by atoms with Crippen molar-refractivity contribution in [3.63, 3.8) is 0 Å². The van der Waals surface area contributed by atoms with Crippen LogP contribution in [-0.4, -0.2) is 25.2 Å². The number of carbonyl (C=O) groups is 1. The van der Waals surface area contributed by atoms with Gasteiger partial charge >= 0.3 is 5.97 Å². The van der Waals surface area contributed by atoms with Crippen molar-refractivity contribution >= 4 is 5.97 Å². The van der Waals surface area contributed by atoms with Gasteiger partial charge in [-0.25, -0.2) is 0 Å². The molecule has 0 bridgehead atoms. The van der Waals surface area contributed by atoms with Crippen LogP contribution in [0.2, 0.25) is 0 Å². The standard InChI is InChI=1S/C10H21NO2/c1-5-13-10(12)6-7-11-9(4)8(2)3/h8-9,11H,5-7H2,1-4H3. The number of rotatable bonds is 6. The molecule has 3 nitrogen and oxygen atoms in total. The van der Waals surface area contributed by atoms with Gasteiger partial charge in [0.05, 0.1) is 13.0 Å². The minimum atomic E-state index is -0.119. The van der Waals surface area contributed by atoms with Crippen molar-refractivity contribution in [2.45, 2.75) is 40.2 Å². The molecule has 0 spiro atoms. The molecule has 0 saturated heterocycles. The Morgan fingerprint density at radius 3 is 2.46 bits per heavy atom. The fraction of sp³-hybridized carbons (Fsp3) is 0.900. The molecular weight excluding hydrogens is 166 g/mol. The zero-order valence-electron chi connectivity index (χ0n) is 9.09. The second kappa shape index (κ2) is 6.89. The van der Waals surface area contributed by atoms with Crippen molar-refractivity contribution in [1.82, 2.24) is 5.32 Å². The molecule has 1 N–H and O–H groups in total. The van der Waals surface area contributed by atoms with E-state index in [0.717, 1.165) is 0 Å². The summed E-state index contributed by atoms with van der Waals surface area (Å²) in [6, 6.07) is 0.453. The van der Waals surface area contributed by atoms with Crippen LogP contribution in [0.4, 0.5) is 0 Å². The predicted molar refractivity (Wildman–Crippen MR) is 53.6 cm³/mol. The van der Waals surface area contributed by atoms with Crippen molar-refractivity contribution < 1.29 is 9.53 Å². The van der Waals surface area contributed by atoms with Gasteiger partial charge in [-0.2, -0.15) is 0 Å². The lowest BCUT2D eigenvalue weighted by molar-refractivity contribution is -0.143. The van der Waals surface area contributed by atoms with Crippen LogP contribution in [-0.2, 0) is 9.53 Å². The molecular formula is C10H21NO2. The summed E-state index contributed by atoms with van der Waals surface area (Å²) in [5.41, 5.74) is 0. The van der Waals surface area contributed by atoms with Crippen molar-refractivity contribution in [3.8, 4) is 0 Å². The molecule has 13 heavy (non-hydrogen) atoms. The molecule has 0 aliphatic carbocycles. The quantitative estimate of drug-likeness (QED) is 0.641. The van der Waals surface area contributed by atoms with E-state index in [9.17, 15) is 4.79 Å². The fourth-order valence-electron chi connectivity index (χ4n) is 0.871. The van der Waals surface area contributed by atoms with Gasteiger partial charge < -0.3 is 10.1 Å². The van der Waals surface area contributed by atoms with Crippen LogP contribution in [0.1, 0.15) is 34.1 Å². The first-order valence-corrected chi connectivity index (χ1v) is 4.97. The van der Waals surface area contributed by atoms with Crippen LogP contribution in [0.5, 0.6) is 0 Å². The Bertz CT molecular complexity index is 146. The highest BCUT2D eigenvalue weighted by atomic mass is 16.5. The molecule has 0 radical (unpaired) electrons. The Morgan fingerprint density at radius 2 is 2.00 bits per heavy atom. The van der Waals surface area contributed by atoms with Crippen molar-refractivity contribution in [2.75, 3.05) is 13.2 Å². The minimum absolute atomic E-state index is 0.119. The third kappa shape index (κ3) is 6.58. The van der Waals surface area contributed by atoms with Gasteiger partial charge in [0.25, 0.3) is 0 Å². The second-order valence-electron chi connectivity index (χ2n) is 3.54. The van der Waals surface area contributed by atoms with Gasteiger partial charge in [0.2, 0.25) is 0 Å². The maximum atomic E-state index is 10.9. The molecule has 78 valence electrons. The number of carbonyl (C=O) groups excluding carboxylic acids is 1. The van der Waals surface area contributed by atoms with Crippen LogP contribution in [0.3, 0.4) is 0 Å².